The van der Waals surface area contributed by atoms with Crippen LogP contribution < -0.4 is 5.73 Å². The molecule has 2 heterocycles. The fraction of sp³-hybridized carbons (Fsp3) is 0.385. The van der Waals surface area contributed by atoms with E-state index < -0.39 is 0 Å². The van der Waals surface area contributed by atoms with Crippen LogP contribution in [0.15, 0.2) is 24.4 Å². The molecule has 2 aromatic heterocycles. The van der Waals surface area contributed by atoms with Gasteiger partial charge in [-0.25, -0.2) is 4.98 Å². The van der Waals surface area contributed by atoms with Gasteiger partial charge in [0.1, 0.15) is 5.69 Å². The lowest BCUT2D eigenvalue weighted by molar-refractivity contribution is 0.737. The summed E-state index contributed by atoms with van der Waals surface area (Å²) >= 11 is 1.63. The van der Waals surface area contributed by atoms with Gasteiger partial charge in [0.05, 0.1) is 5.69 Å². The number of nitrogen functional groups attached to an aromatic ring is 1. The Labute approximate surface area is 105 Å². The van der Waals surface area contributed by atoms with Gasteiger partial charge in [-0.3, -0.25) is 4.98 Å². The zero-order chi connectivity index (χ0) is 11.7. The van der Waals surface area contributed by atoms with E-state index in [1.807, 2.05) is 24.4 Å². The molecule has 0 unspecified atom stereocenters. The van der Waals surface area contributed by atoms with Gasteiger partial charge in [-0.2, -0.15) is 0 Å². The Bertz CT molecular complexity index is 501. The first-order valence-corrected chi connectivity index (χ1v) is 6.84. The van der Waals surface area contributed by atoms with Crippen molar-refractivity contribution in [2.75, 3.05) is 5.73 Å². The summed E-state index contributed by atoms with van der Waals surface area (Å²) in [5.74, 6) is 0.641. The van der Waals surface area contributed by atoms with Crippen LogP contribution in [0, 0.1) is 0 Å². The standard InChI is InChI=1S/C13H15N3S/c14-13-16-11(10-7-3-4-8-15-10)12(17-13)9-5-1-2-6-9/h3-4,7-9H,1-2,5-6H2,(H2,14,16). The third-order valence-corrected chi connectivity index (χ3v) is 4.35. The van der Waals surface area contributed by atoms with Crippen molar-refractivity contribution < 1.29 is 0 Å². The molecule has 1 fully saturated rings. The van der Waals surface area contributed by atoms with Crippen molar-refractivity contribution in [1.82, 2.24) is 9.97 Å². The minimum absolute atomic E-state index is 0.641. The largest absolute Gasteiger partial charge is 0.375 e. The molecule has 3 nitrogen and oxygen atoms in total. The Morgan fingerprint density at radius 2 is 2.06 bits per heavy atom. The van der Waals surface area contributed by atoms with Crippen LogP contribution in [0.2, 0.25) is 0 Å². The van der Waals surface area contributed by atoms with Gasteiger partial charge in [0, 0.05) is 11.1 Å². The quantitative estimate of drug-likeness (QED) is 0.881. The Morgan fingerprint density at radius 1 is 1.24 bits per heavy atom. The van der Waals surface area contributed by atoms with E-state index in [9.17, 15) is 0 Å². The first kappa shape index (κ1) is 10.7. The normalized spacial score (nSPS) is 16.5. The average molecular weight is 245 g/mol. The van der Waals surface area contributed by atoms with Gasteiger partial charge in [-0.05, 0) is 30.9 Å². The zero-order valence-corrected chi connectivity index (χ0v) is 10.4. The SMILES string of the molecule is Nc1nc(-c2ccccn2)c(C2CCCC2)s1. The van der Waals surface area contributed by atoms with Gasteiger partial charge in [0.2, 0.25) is 0 Å². The predicted molar refractivity (Wildman–Crippen MR) is 71.0 cm³/mol. The van der Waals surface area contributed by atoms with Gasteiger partial charge >= 0.3 is 0 Å². The summed E-state index contributed by atoms with van der Waals surface area (Å²) in [4.78, 5) is 10.2. The molecule has 17 heavy (non-hydrogen) atoms. The van der Waals surface area contributed by atoms with Crippen LogP contribution in [0.4, 0.5) is 5.13 Å². The molecule has 2 N–H and O–H groups in total. The molecule has 1 aliphatic carbocycles. The van der Waals surface area contributed by atoms with E-state index in [4.69, 9.17) is 5.73 Å². The number of hydrogen-bond donors (Lipinski definition) is 1. The van der Waals surface area contributed by atoms with E-state index in [2.05, 4.69) is 9.97 Å². The van der Waals surface area contributed by atoms with E-state index in [0.717, 1.165) is 11.4 Å². The first-order chi connectivity index (χ1) is 8.34. The second kappa shape index (κ2) is 4.45. The van der Waals surface area contributed by atoms with Crippen molar-refractivity contribution in [1.29, 1.82) is 0 Å². The number of hydrogen-bond acceptors (Lipinski definition) is 4. The van der Waals surface area contributed by atoms with Gasteiger partial charge < -0.3 is 5.73 Å². The third kappa shape index (κ3) is 2.05. The Morgan fingerprint density at radius 3 is 2.76 bits per heavy atom. The maximum Gasteiger partial charge on any atom is 0.180 e. The van der Waals surface area contributed by atoms with Crippen molar-refractivity contribution in [3.8, 4) is 11.4 Å². The highest BCUT2D eigenvalue weighted by Gasteiger charge is 2.24. The molecule has 2 aromatic rings. The molecule has 4 heteroatoms. The summed E-state index contributed by atoms with van der Waals surface area (Å²) < 4.78 is 0. The monoisotopic (exact) mass is 245 g/mol. The maximum atomic E-state index is 5.86. The third-order valence-electron chi connectivity index (χ3n) is 3.30. The Balaban J connectivity index is 2.04. The Kier molecular flexibility index (Phi) is 2.81. The smallest absolute Gasteiger partial charge is 0.180 e. The number of aromatic nitrogens is 2. The molecule has 3 rings (SSSR count). The molecule has 0 spiro atoms. The molecular weight excluding hydrogens is 230 g/mol. The maximum absolute atomic E-state index is 5.86. The summed E-state index contributed by atoms with van der Waals surface area (Å²) in [5.41, 5.74) is 7.81. The lowest BCUT2D eigenvalue weighted by Gasteiger charge is -2.07. The fourth-order valence-corrected chi connectivity index (χ4v) is 3.51. The minimum atomic E-state index is 0.641. The van der Waals surface area contributed by atoms with Crippen LogP contribution >= 0.6 is 11.3 Å². The van der Waals surface area contributed by atoms with E-state index in [0.29, 0.717) is 11.0 Å². The molecule has 0 aromatic carbocycles. The van der Waals surface area contributed by atoms with Crippen LogP contribution in [0.1, 0.15) is 36.5 Å². The van der Waals surface area contributed by atoms with Crippen molar-refractivity contribution in [2.45, 2.75) is 31.6 Å². The lowest BCUT2D eigenvalue weighted by atomic mass is 10.0. The Hall–Kier alpha value is -1.42. The molecule has 0 radical (unpaired) electrons. The van der Waals surface area contributed by atoms with Crippen molar-refractivity contribution in [3.05, 3.63) is 29.3 Å². The number of nitrogens with two attached hydrogens (primary N) is 1. The molecular formula is C13H15N3S. The van der Waals surface area contributed by atoms with Crippen LogP contribution in [0.3, 0.4) is 0 Å². The zero-order valence-electron chi connectivity index (χ0n) is 9.60. The van der Waals surface area contributed by atoms with E-state index >= 15 is 0 Å². The number of thiazole rings is 1. The molecule has 0 saturated heterocycles. The van der Waals surface area contributed by atoms with Gasteiger partial charge in [-0.15, -0.1) is 11.3 Å². The number of pyridine rings is 1. The highest BCUT2D eigenvalue weighted by atomic mass is 32.1. The molecule has 0 atom stereocenters. The van der Waals surface area contributed by atoms with Gasteiger partial charge in [0.25, 0.3) is 0 Å². The lowest BCUT2D eigenvalue weighted by Crippen LogP contribution is -1.93. The van der Waals surface area contributed by atoms with Crippen molar-refractivity contribution in [3.63, 3.8) is 0 Å². The van der Waals surface area contributed by atoms with Gasteiger partial charge in [0.15, 0.2) is 5.13 Å². The highest BCUT2D eigenvalue weighted by Crippen LogP contribution is 2.42. The molecule has 1 aliphatic rings. The van der Waals surface area contributed by atoms with Crippen LogP contribution in [0.25, 0.3) is 11.4 Å². The summed E-state index contributed by atoms with van der Waals surface area (Å²) in [6.07, 6.45) is 6.99. The fourth-order valence-electron chi connectivity index (χ4n) is 2.50. The highest BCUT2D eigenvalue weighted by molar-refractivity contribution is 7.15. The van der Waals surface area contributed by atoms with Crippen LogP contribution in [-0.4, -0.2) is 9.97 Å². The van der Waals surface area contributed by atoms with Crippen LogP contribution in [-0.2, 0) is 0 Å². The number of nitrogens with zero attached hydrogens (tertiary/aromatic N) is 2. The topological polar surface area (TPSA) is 51.8 Å². The molecule has 0 amide bonds. The van der Waals surface area contributed by atoms with Gasteiger partial charge in [-0.1, -0.05) is 18.9 Å². The van der Waals surface area contributed by atoms with Crippen molar-refractivity contribution in [2.24, 2.45) is 0 Å². The minimum Gasteiger partial charge on any atom is -0.375 e. The average Bonchev–Trinajstić information content (AvgIpc) is 2.98. The van der Waals surface area contributed by atoms with E-state index in [1.165, 1.54) is 30.6 Å². The summed E-state index contributed by atoms with van der Waals surface area (Å²) in [6, 6.07) is 5.93. The van der Waals surface area contributed by atoms with Crippen molar-refractivity contribution >= 4 is 16.5 Å². The van der Waals surface area contributed by atoms with E-state index in [1.54, 1.807) is 11.3 Å². The first-order valence-electron chi connectivity index (χ1n) is 6.02. The summed E-state index contributed by atoms with van der Waals surface area (Å²) in [5, 5.41) is 0.660. The number of anilines is 1. The second-order valence-electron chi connectivity index (χ2n) is 4.46. The predicted octanol–water partition coefficient (Wildman–Crippen LogP) is 3.44. The molecule has 1 saturated carbocycles. The number of rotatable bonds is 2. The molecule has 88 valence electrons. The summed E-state index contributed by atoms with van der Waals surface area (Å²) in [7, 11) is 0. The molecule has 0 aliphatic heterocycles. The van der Waals surface area contributed by atoms with E-state index in [-0.39, 0.29) is 0 Å². The summed E-state index contributed by atoms with van der Waals surface area (Å²) in [6.45, 7) is 0. The van der Waals surface area contributed by atoms with Crippen LogP contribution in [0.5, 0.6) is 0 Å². The second-order valence-corrected chi connectivity index (χ2v) is 5.52. The molecule has 0 bridgehead atoms.